The first-order valence-corrected chi connectivity index (χ1v) is 9.44. The maximum Gasteiger partial charge on any atom is 0.249 e. The van der Waals surface area contributed by atoms with Gasteiger partial charge < -0.3 is 15.0 Å². The number of amides is 2. The molecule has 0 radical (unpaired) electrons. The van der Waals surface area contributed by atoms with E-state index in [-0.39, 0.29) is 31.0 Å². The molecule has 0 aliphatic rings. The van der Waals surface area contributed by atoms with Crippen LogP contribution in [-0.4, -0.2) is 40.9 Å². The third-order valence-electron chi connectivity index (χ3n) is 3.96. The number of benzene rings is 1. The van der Waals surface area contributed by atoms with E-state index in [9.17, 15) is 9.59 Å². The van der Waals surface area contributed by atoms with Crippen LogP contribution in [0.1, 0.15) is 30.7 Å². The lowest BCUT2D eigenvalue weighted by Gasteiger charge is -2.27. The van der Waals surface area contributed by atoms with Crippen LogP contribution in [0.2, 0.25) is 0 Å². The van der Waals surface area contributed by atoms with Crippen LogP contribution in [0.15, 0.2) is 36.5 Å². The summed E-state index contributed by atoms with van der Waals surface area (Å²) in [5.41, 5.74) is 1.01. The van der Waals surface area contributed by atoms with Crippen LogP contribution in [0.3, 0.4) is 0 Å². The lowest BCUT2D eigenvalue weighted by atomic mass is 10.2. The van der Waals surface area contributed by atoms with Gasteiger partial charge in [-0.25, -0.2) is 4.98 Å². The first-order chi connectivity index (χ1) is 12.5. The number of rotatable bonds is 9. The fraction of sp³-hybridized carbons (Fsp3) is 0.421. The number of aromatic nitrogens is 1. The molecular formula is C19H25N3O3S. The molecule has 1 aromatic heterocycles. The summed E-state index contributed by atoms with van der Waals surface area (Å²) in [4.78, 5) is 31.5. The Bertz CT molecular complexity index is 718. The molecular weight excluding hydrogens is 350 g/mol. The van der Waals surface area contributed by atoms with E-state index < -0.39 is 0 Å². The molecule has 2 rings (SSSR count). The van der Waals surface area contributed by atoms with Crippen LogP contribution < -0.4 is 5.32 Å². The first-order valence-electron chi connectivity index (χ1n) is 8.63. The van der Waals surface area contributed by atoms with Gasteiger partial charge in [0.15, 0.2) is 5.13 Å². The normalized spacial score (nSPS) is 11.8. The third-order valence-corrected chi connectivity index (χ3v) is 4.79. The van der Waals surface area contributed by atoms with E-state index in [1.165, 1.54) is 11.3 Å². The van der Waals surface area contributed by atoms with Crippen LogP contribution in [0.4, 0.5) is 5.13 Å². The van der Waals surface area contributed by atoms with Gasteiger partial charge in [-0.2, -0.15) is 0 Å². The molecule has 6 nitrogen and oxygen atoms in total. The molecule has 1 heterocycles. The van der Waals surface area contributed by atoms with Crippen molar-refractivity contribution in [2.24, 2.45) is 0 Å². The number of carbonyl (C=O) groups is 2. The van der Waals surface area contributed by atoms with Crippen molar-refractivity contribution in [1.82, 2.24) is 9.88 Å². The molecule has 0 spiro atoms. The molecule has 2 aromatic rings. The van der Waals surface area contributed by atoms with Gasteiger partial charge in [0.2, 0.25) is 11.8 Å². The molecule has 1 aromatic carbocycles. The minimum atomic E-state index is -0.254. The van der Waals surface area contributed by atoms with E-state index in [1.54, 1.807) is 11.1 Å². The van der Waals surface area contributed by atoms with Gasteiger partial charge >= 0.3 is 0 Å². The van der Waals surface area contributed by atoms with E-state index in [2.05, 4.69) is 10.3 Å². The summed E-state index contributed by atoms with van der Waals surface area (Å²) in [5.74, 6) is -0.447. The standard InChI is InChI=1S/C19H25N3O3S/c1-4-14(2)22(11-17(23)21-19-20-10-15(3)26-19)18(24)13-25-12-16-8-6-5-7-9-16/h5-10,14H,4,11-13H2,1-3H3,(H,20,21,23). The quantitative estimate of drug-likeness (QED) is 0.730. The highest BCUT2D eigenvalue weighted by Crippen LogP contribution is 2.16. The first kappa shape index (κ1) is 20.1. The number of ether oxygens (including phenoxy) is 1. The van der Waals surface area contributed by atoms with Gasteiger partial charge in [-0.15, -0.1) is 11.3 Å². The number of hydrogen-bond acceptors (Lipinski definition) is 5. The van der Waals surface area contributed by atoms with Gasteiger partial charge in [-0.05, 0) is 25.8 Å². The molecule has 0 saturated heterocycles. The Morgan fingerprint density at radius 3 is 2.65 bits per heavy atom. The number of carbonyl (C=O) groups excluding carboxylic acids is 2. The van der Waals surface area contributed by atoms with Crippen LogP contribution in [0, 0.1) is 6.92 Å². The van der Waals surface area contributed by atoms with Crippen LogP contribution in [0.5, 0.6) is 0 Å². The number of aryl methyl sites for hydroxylation is 1. The Hall–Kier alpha value is -2.25. The highest BCUT2D eigenvalue weighted by Gasteiger charge is 2.22. The molecule has 7 heteroatoms. The van der Waals surface area contributed by atoms with Crippen LogP contribution in [-0.2, 0) is 20.9 Å². The van der Waals surface area contributed by atoms with Crippen molar-refractivity contribution in [3.8, 4) is 0 Å². The lowest BCUT2D eigenvalue weighted by Crippen LogP contribution is -2.45. The number of thiazole rings is 1. The zero-order chi connectivity index (χ0) is 18.9. The Balaban J connectivity index is 1.88. The van der Waals surface area contributed by atoms with Crippen molar-refractivity contribution in [1.29, 1.82) is 0 Å². The van der Waals surface area contributed by atoms with Gasteiger partial charge in [-0.3, -0.25) is 9.59 Å². The van der Waals surface area contributed by atoms with E-state index in [0.717, 1.165) is 16.9 Å². The lowest BCUT2D eigenvalue weighted by molar-refractivity contribution is -0.141. The van der Waals surface area contributed by atoms with Gasteiger partial charge in [0, 0.05) is 17.1 Å². The third kappa shape index (κ3) is 6.24. The van der Waals surface area contributed by atoms with Crippen molar-refractivity contribution in [3.63, 3.8) is 0 Å². The molecule has 0 bridgehead atoms. The van der Waals surface area contributed by atoms with E-state index >= 15 is 0 Å². The number of nitrogens with one attached hydrogen (secondary N) is 1. The monoisotopic (exact) mass is 375 g/mol. The Morgan fingerprint density at radius 1 is 1.31 bits per heavy atom. The molecule has 140 valence electrons. The smallest absolute Gasteiger partial charge is 0.249 e. The van der Waals surface area contributed by atoms with Crippen LogP contribution in [0.25, 0.3) is 0 Å². The summed E-state index contributed by atoms with van der Waals surface area (Å²) in [6.07, 6.45) is 2.46. The molecule has 0 saturated carbocycles. The zero-order valence-electron chi connectivity index (χ0n) is 15.4. The molecule has 0 aliphatic heterocycles. The summed E-state index contributed by atoms with van der Waals surface area (Å²) in [7, 11) is 0. The Labute approximate surface area is 158 Å². The summed E-state index contributed by atoms with van der Waals surface area (Å²) < 4.78 is 5.53. The molecule has 1 N–H and O–H groups in total. The maximum atomic E-state index is 12.5. The van der Waals surface area contributed by atoms with Crippen molar-refractivity contribution >= 4 is 28.3 Å². The van der Waals surface area contributed by atoms with Crippen LogP contribution >= 0.6 is 11.3 Å². The highest BCUT2D eigenvalue weighted by molar-refractivity contribution is 7.15. The van der Waals surface area contributed by atoms with Crippen molar-refractivity contribution < 1.29 is 14.3 Å². The second-order valence-corrected chi connectivity index (χ2v) is 7.32. The maximum absolute atomic E-state index is 12.5. The largest absolute Gasteiger partial charge is 0.367 e. The fourth-order valence-corrected chi connectivity index (χ4v) is 3.03. The predicted molar refractivity (Wildman–Crippen MR) is 103 cm³/mol. The number of hydrogen-bond donors (Lipinski definition) is 1. The zero-order valence-corrected chi connectivity index (χ0v) is 16.2. The molecule has 1 unspecified atom stereocenters. The molecule has 0 fully saturated rings. The molecule has 26 heavy (non-hydrogen) atoms. The minimum absolute atomic E-state index is 0.0127. The molecule has 2 amide bonds. The molecule has 1 atom stereocenters. The average Bonchev–Trinajstić information content (AvgIpc) is 3.04. The highest BCUT2D eigenvalue weighted by atomic mass is 32.1. The summed E-state index contributed by atoms with van der Waals surface area (Å²) in [6.45, 7) is 6.13. The van der Waals surface area contributed by atoms with Crippen molar-refractivity contribution in [2.45, 2.75) is 39.8 Å². The summed E-state index contributed by atoms with van der Waals surface area (Å²) in [5, 5.41) is 3.29. The van der Waals surface area contributed by atoms with E-state index in [1.807, 2.05) is 51.1 Å². The topological polar surface area (TPSA) is 71.5 Å². The second-order valence-electron chi connectivity index (χ2n) is 6.08. The van der Waals surface area contributed by atoms with E-state index in [0.29, 0.717) is 11.7 Å². The SMILES string of the molecule is CCC(C)N(CC(=O)Nc1ncc(C)s1)C(=O)COCc1ccccc1. The van der Waals surface area contributed by atoms with Crippen molar-refractivity contribution in [3.05, 3.63) is 47.0 Å². The van der Waals surface area contributed by atoms with Gasteiger partial charge in [-0.1, -0.05) is 37.3 Å². The Morgan fingerprint density at radius 2 is 2.04 bits per heavy atom. The Kier molecular flexibility index (Phi) is 7.74. The van der Waals surface area contributed by atoms with Crippen molar-refractivity contribution in [2.75, 3.05) is 18.5 Å². The average molecular weight is 375 g/mol. The number of anilines is 1. The van der Waals surface area contributed by atoms with E-state index in [4.69, 9.17) is 4.74 Å². The summed E-state index contributed by atoms with van der Waals surface area (Å²) in [6, 6.07) is 9.63. The van der Waals surface area contributed by atoms with Gasteiger partial charge in [0.1, 0.15) is 13.2 Å². The minimum Gasteiger partial charge on any atom is -0.367 e. The molecule has 0 aliphatic carbocycles. The van der Waals surface area contributed by atoms with Gasteiger partial charge in [0.25, 0.3) is 0 Å². The fourth-order valence-electron chi connectivity index (χ4n) is 2.35. The number of nitrogens with zero attached hydrogens (tertiary/aromatic N) is 2. The van der Waals surface area contributed by atoms with Gasteiger partial charge in [0.05, 0.1) is 6.61 Å². The predicted octanol–water partition coefficient (Wildman–Crippen LogP) is 3.23. The second kappa shape index (κ2) is 10.0. The summed E-state index contributed by atoms with van der Waals surface area (Å²) >= 11 is 1.41.